The molecule has 28 heavy (non-hydrogen) atoms. The molecule has 0 saturated heterocycles. The van der Waals surface area contributed by atoms with Crippen LogP contribution < -0.4 is 10.9 Å². The molecule has 0 aliphatic rings. The molecule has 0 radical (unpaired) electrons. The number of hydrogen-bond donors (Lipinski definition) is 0. The second-order valence-corrected chi connectivity index (χ2v) is 12.1. The lowest BCUT2D eigenvalue weighted by atomic mass is 10.2. The third-order valence-electron chi connectivity index (χ3n) is 3.32. The number of hydrogen-bond acceptors (Lipinski definition) is 8. The molecule has 0 saturated carbocycles. The van der Waals surface area contributed by atoms with Crippen LogP contribution in [0.2, 0.25) is 0 Å². The first-order valence-electron chi connectivity index (χ1n) is 8.74. The first-order chi connectivity index (χ1) is 12.7. The third-order valence-corrected chi connectivity index (χ3v) is 7.70. The second kappa shape index (κ2) is 7.94. The molecular formula is C18H28N2O6P2. The van der Waals surface area contributed by atoms with Gasteiger partial charge in [0.1, 0.15) is 0 Å². The highest BCUT2D eigenvalue weighted by atomic mass is 31.2. The minimum atomic E-state index is -4.00. The summed E-state index contributed by atoms with van der Waals surface area (Å²) in [5.41, 5.74) is -1.10. The Labute approximate surface area is 166 Å². The summed E-state index contributed by atoms with van der Waals surface area (Å²) in [6, 6.07) is 6.94. The van der Waals surface area contributed by atoms with E-state index in [0.717, 1.165) is 0 Å². The van der Waals surface area contributed by atoms with Gasteiger partial charge >= 0.3 is 15.2 Å². The Morgan fingerprint density at radius 3 is 1.29 bits per heavy atom. The molecule has 0 aliphatic heterocycles. The molecule has 0 N–H and O–H groups in total. The predicted octanol–water partition coefficient (Wildman–Crippen LogP) is 4.19. The maximum atomic E-state index is 13.6. The summed E-state index contributed by atoms with van der Waals surface area (Å²) < 4.78 is 49.2. The maximum absolute atomic E-state index is 13.6. The van der Waals surface area contributed by atoms with Gasteiger partial charge in [-0.15, -0.1) is 0 Å². The molecule has 8 nitrogen and oxygen atoms in total. The van der Waals surface area contributed by atoms with Crippen LogP contribution in [0.15, 0.2) is 24.3 Å². The smallest absolute Gasteiger partial charge is 0.307 e. The van der Waals surface area contributed by atoms with Crippen molar-refractivity contribution < 1.29 is 27.2 Å². The van der Waals surface area contributed by atoms with Gasteiger partial charge in [0.05, 0.1) is 22.2 Å². The Morgan fingerprint density at radius 2 is 1.04 bits per heavy atom. The maximum Gasteiger partial charge on any atom is 0.382 e. The Kier molecular flexibility index (Phi) is 6.56. The quantitative estimate of drug-likeness (QED) is 0.630. The van der Waals surface area contributed by atoms with Crippen molar-refractivity contribution in [1.29, 1.82) is 0 Å². The van der Waals surface area contributed by atoms with E-state index in [-0.39, 0.29) is 10.9 Å². The average Bonchev–Trinajstić information content (AvgIpc) is 2.57. The normalized spacial score (nSPS) is 17.3. The van der Waals surface area contributed by atoms with E-state index in [4.69, 9.17) is 18.1 Å². The summed E-state index contributed by atoms with van der Waals surface area (Å²) in [4.78, 5) is 8.88. The molecule has 2 unspecified atom stereocenters. The van der Waals surface area contributed by atoms with Crippen LogP contribution in [0, 0.1) is 0 Å². The van der Waals surface area contributed by atoms with Crippen LogP contribution in [0.3, 0.4) is 0 Å². The monoisotopic (exact) mass is 430 g/mol. The molecule has 0 amide bonds. The van der Waals surface area contributed by atoms with Gasteiger partial charge in [0.25, 0.3) is 0 Å². The molecule has 0 aliphatic carbocycles. The summed E-state index contributed by atoms with van der Waals surface area (Å²) in [5.74, 6) is 0. The van der Waals surface area contributed by atoms with Gasteiger partial charge in [0, 0.05) is 14.2 Å². The number of para-hydroxylation sites is 2. The van der Waals surface area contributed by atoms with Crippen molar-refractivity contribution in [3.63, 3.8) is 0 Å². The molecule has 0 fully saturated rings. The summed E-state index contributed by atoms with van der Waals surface area (Å²) >= 11 is 0. The van der Waals surface area contributed by atoms with Crippen molar-refractivity contribution in [1.82, 2.24) is 9.97 Å². The van der Waals surface area contributed by atoms with Crippen LogP contribution in [-0.2, 0) is 27.2 Å². The first kappa shape index (κ1) is 23.1. The van der Waals surface area contributed by atoms with E-state index in [1.807, 2.05) is 0 Å². The van der Waals surface area contributed by atoms with Gasteiger partial charge in [-0.05, 0) is 53.7 Å². The van der Waals surface area contributed by atoms with Crippen molar-refractivity contribution in [2.45, 2.75) is 52.7 Å². The molecule has 1 aromatic heterocycles. The molecular weight excluding hydrogens is 402 g/mol. The highest BCUT2D eigenvalue weighted by Gasteiger charge is 2.45. The predicted molar refractivity (Wildman–Crippen MR) is 110 cm³/mol. The fourth-order valence-electron chi connectivity index (χ4n) is 2.40. The summed E-state index contributed by atoms with van der Waals surface area (Å²) in [6.45, 7) is 10.4. The van der Waals surface area contributed by atoms with Crippen molar-refractivity contribution in [2.24, 2.45) is 0 Å². The molecule has 0 bridgehead atoms. The van der Waals surface area contributed by atoms with Crippen LogP contribution in [0.1, 0.15) is 41.5 Å². The van der Waals surface area contributed by atoms with Crippen LogP contribution >= 0.6 is 15.2 Å². The highest BCUT2D eigenvalue weighted by Crippen LogP contribution is 2.54. The Hall–Kier alpha value is -1.14. The minimum Gasteiger partial charge on any atom is -0.307 e. The van der Waals surface area contributed by atoms with E-state index in [0.29, 0.717) is 11.0 Å². The van der Waals surface area contributed by atoms with Gasteiger partial charge in [-0.2, -0.15) is 0 Å². The standard InChI is InChI=1S/C18H28N2O6P2/c1-17(2,3)25-27(21,23-7)15-16(28(22,24-8)26-18(4,5)6)20-14-12-10-9-11-13(14)19-15/h9-12H,1-8H3. The van der Waals surface area contributed by atoms with E-state index in [9.17, 15) is 9.13 Å². The zero-order valence-corrected chi connectivity index (χ0v) is 19.3. The van der Waals surface area contributed by atoms with E-state index < -0.39 is 26.4 Å². The Bertz CT molecular complexity index is 873. The van der Waals surface area contributed by atoms with Crippen molar-refractivity contribution >= 4 is 37.1 Å². The highest BCUT2D eigenvalue weighted by molar-refractivity contribution is 7.68. The van der Waals surface area contributed by atoms with E-state index in [2.05, 4.69) is 9.97 Å². The molecule has 2 atom stereocenters. The minimum absolute atomic E-state index is 0.182. The molecule has 10 heteroatoms. The lowest BCUT2D eigenvalue weighted by Crippen LogP contribution is -2.37. The van der Waals surface area contributed by atoms with Gasteiger partial charge < -0.3 is 9.05 Å². The van der Waals surface area contributed by atoms with E-state index in [1.54, 1.807) is 65.8 Å². The number of rotatable bonds is 6. The van der Waals surface area contributed by atoms with Gasteiger partial charge in [-0.25, -0.2) is 9.97 Å². The lowest BCUT2D eigenvalue weighted by molar-refractivity contribution is 0.105. The van der Waals surface area contributed by atoms with Gasteiger partial charge in [-0.3, -0.25) is 18.2 Å². The number of benzene rings is 1. The van der Waals surface area contributed by atoms with E-state index in [1.165, 1.54) is 14.2 Å². The lowest BCUT2D eigenvalue weighted by Gasteiger charge is -2.29. The number of nitrogens with zero attached hydrogens (tertiary/aromatic N) is 2. The van der Waals surface area contributed by atoms with Gasteiger partial charge in [-0.1, -0.05) is 12.1 Å². The fourth-order valence-corrected chi connectivity index (χ4v) is 6.30. The van der Waals surface area contributed by atoms with E-state index >= 15 is 0 Å². The molecule has 1 aromatic carbocycles. The first-order valence-corrected chi connectivity index (χ1v) is 11.8. The molecule has 2 rings (SSSR count). The largest absolute Gasteiger partial charge is 0.382 e. The van der Waals surface area contributed by atoms with Gasteiger partial charge in [0.15, 0.2) is 10.9 Å². The molecule has 156 valence electrons. The number of aromatic nitrogens is 2. The summed E-state index contributed by atoms with van der Waals surface area (Å²) in [6.07, 6.45) is 0. The van der Waals surface area contributed by atoms with Crippen LogP contribution in [0.5, 0.6) is 0 Å². The van der Waals surface area contributed by atoms with Crippen LogP contribution in [-0.4, -0.2) is 35.4 Å². The Balaban J connectivity index is 2.85. The topological polar surface area (TPSA) is 96.8 Å². The Morgan fingerprint density at radius 1 is 0.714 bits per heavy atom. The molecule has 2 aromatic rings. The average molecular weight is 430 g/mol. The van der Waals surface area contributed by atoms with Crippen LogP contribution in [0.4, 0.5) is 0 Å². The SMILES string of the molecule is COP(=O)(OC(C)(C)C)c1nc2ccccc2nc1P(=O)(OC)OC(C)(C)C. The number of fused-ring (bicyclic) bond motifs is 1. The fraction of sp³-hybridized carbons (Fsp3) is 0.556. The third kappa shape index (κ3) is 5.26. The van der Waals surface area contributed by atoms with Crippen LogP contribution in [0.25, 0.3) is 11.0 Å². The zero-order chi connectivity index (χ0) is 21.4. The van der Waals surface area contributed by atoms with Crippen molar-refractivity contribution in [3.8, 4) is 0 Å². The summed E-state index contributed by atoms with van der Waals surface area (Å²) in [5, 5.41) is 0. The van der Waals surface area contributed by atoms with Crippen molar-refractivity contribution in [3.05, 3.63) is 24.3 Å². The van der Waals surface area contributed by atoms with Crippen molar-refractivity contribution in [2.75, 3.05) is 14.2 Å². The molecule has 0 spiro atoms. The van der Waals surface area contributed by atoms with Gasteiger partial charge in [0.2, 0.25) is 0 Å². The zero-order valence-electron chi connectivity index (χ0n) is 17.5. The molecule has 1 heterocycles. The second-order valence-electron chi connectivity index (χ2n) is 8.13. The summed E-state index contributed by atoms with van der Waals surface area (Å²) in [7, 11) is -5.50.